The Bertz CT molecular complexity index is 2620. The molecule has 314 valence electrons. The molecular weight excluding hydrogens is 792 g/mol. The van der Waals surface area contributed by atoms with E-state index in [2.05, 4.69) is 20.7 Å². The lowest BCUT2D eigenvalue weighted by Gasteiger charge is -2.44. The van der Waals surface area contributed by atoms with E-state index in [1.807, 2.05) is 10.8 Å². The molecule has 3 aliphatic rings. The molecule has 0 radical (unpaired) electrons. The summed E-state index contributed by atoms with van der Waals surface area (Å²) in [6.07, 6.45) is 0.500. The number of hydrogen-bond acceptors (Lipinski definition) is 9. The van der Waals surface area contributed by atoms with E-state index in [4.69, 9.17) is 0 Å². The molecule has 5 aromatic rings. The zero-order valence-electron chi connectivity index (χ0n) is 32.7. The van der Waals surface area contributed by atoms with Gasteiger partial charge in [0.25, 0.3) is 11.8 Å². The first-order valence-corrected chi connectivity index (χ1v) is 19.7. The van der Waals surface area contributed by atoms with Crippen LogP contribution in [0.3, 0.4) is 0 Å². The van der Waals surface area contributed by atoms with Crippen LogP contribution in [-0.4, -0.2) is 85.2 Å². The van der Waals surface area contributed by atoms with Crippen molar-refractivity contribution in [3.05, 3.63) is 82.2 Å². The Balaban J connectivity index is 0.898. The van der Waals surface area contributed by atoms with Gasteiger partial charge in [-0.2, -0.15) is 23.5 Å². The van der Waals surface area contributed by atoms with Crippen LogP contribution in [-0.2, 0) is 22.8 Å². The van der Waals surface area contributed by atoms with Crippen LogP contribution in [0.2, 0.25) is 0 Å². The number of fused-ring (bicyclic) bond motifs is 2. The lowest BCUT2D eigenvalue weighted by atomic mass is 9.85. The molecule has 2 unspecified atom stereocenters. The Morgan fingerprint density at radius 3 is 2.50 bits per heavy atom. The molecule has 3 aromatic heterocycles. The number of aryl methyl sites for hydroxylation is 1. The summed E-state index contributed by atoms with van der Waals surface area (Å²) in [4.78, 5) is 57.5. The van der Waals surface area contributed by atoms with Crippen molar-refractivity contribution in [2.24, 2.45) is 13.0 Å². The number of imide groups is 1. The van der Waals surface area contributed by atoms with E-state index >= 15 is 8.78 Å². The molecule has 2 N–H and O–H groups in total. The third kappa shape index (κ3) is 7.59. The van der Waals surface area contributed by atoms with Gasteiger partial charge in [-0.1, -0.05) is 12.1 Å². The number of pyridine rings is 1. The topological polar surface area (TPSA) is 163 Å². The number of amides is 3. The van der Waals surface area contributed by atoms with Gasteiger partial charge < -0.3 is 10.2 Å². The molecule has 3 amide bonds. The maximum atomic E-state index is 16.1. The van der Waals surface area contributed by atoms with Crippen molar-refractivity contribution in [3.8, 4) is 6.07 Å². The van der Waals surface area contributed by atoms with E-state index < -0.39 is 65.5 Å². The molecule has 0 spiro atoms. The van der Waals surface area contributed by atoms with E-state index in [1.54, 1.807) is 54.4 Å². The van der Waals surface area contributed by atoms with Crippen LogP contribution in [0.1, 0.15) is 78.8 Å². The number of carbonyl (C=O) groups is 3. The van der Waals surface area contributed by atoms with Crippen LogP contribution in [0.4, 0.5) is 33.3 Å². The van der Waals surface area contributed by atoms with Crippen molar-refractivity contribution in [3.63, 3.8) is 0 Å². The zero-order valence-corrected chi connectivity index (χ0v) is 32.7. The Morgan fingerprint density at radius 2 is 1.80 bits per heavy atom. The highest BCUT2D eigenvalue weighted by Crippen LogP contribution is 2.39. The Labute approximate surface area is 339 Å². The minimum atomic E-state index is -4.73. The minimum absolute atomic E-state index is 0.00467. The van der Waals surface area contributed by atoms with E-state index in [0.29, 0.717) is 40.7 Å². The molecule has 60 heavy (non-hydrogen) atoms. The van der Waals surface area contributed by atoms with Crippen molar-refractivity contribution in [1.29, 1.82) is 5.26 Å². The highest BCUT2D eigenvalue weighted by atomic mass is 19.4. The Morgan fingerprint density at radius 1 is 1.05 bits per heavy atom. The number of nitriles is 1. The first-order valence-electron chi connectivity index (χ1n) is 19.7. The number of alkyl halides is 5. The molecule has 2 atom stereocenters. The zero-order chi connectivity index (χ0) is 42.7. The number of nitrogens with one attached hydrogen (secondary N) is 2. The number of aromatic nitrogens is 5. The van der Waals surface area contributed by atoms with Gasteiger partial charge in [0.15, 0.2) is 0 Å². The molecule has 2 aromatic carbocycles. The number of piperidine rings is 2. The van der Waals surface area contributed by atoms with Crippen LogP contribution in [0, 0.1) is 17.2 Å². The van der Waals surface area contributed by atoms with Crippen LogP contribution < -0.4 is 21.2 Å². The normalized spacial score (nSPS) is 22.3. The Kier molecular flexibility index (Phi) is 10.5. The quantitative estimate of drug-likeness (QED) is 0.146. The van der Waals surface area contributed by atoms with Gasteiger partial charge in [-0.25, -0.2) is 18.6 Å². The summed E-state index contributed by atoms with van der Waals surface area (Å²) in [5.41, 5.74) is -0.0930. The lowest BCUT2D eigenvalue weighted by molar-refractivity contribution is -0.141. The first-order chi connectivity index (χ1) is 28.5. The highest BCUT2D eigenvalue weighted by molar-refractivity contribution is 6.05. The number of carbonyl (C=O) groups excluding carboxylic acids is 3. The lowest BCUT2D eigenvalue weighted by Crippen LogP contribution is -2.58. The van der Waals surface area contributed by atoms with Crippen LogP contribution in [0.25, 0.3) is 21.9 Å². The first kappa shape index (κ1) is 40.6. The number of halogens is 5. The summed E-state index contributed by atoms with van der Waals surface area (Å²) >= 11 is 0. The third-order valence-electron chi connectivity index (χ3n) is 12.1. The second-order valence-corrected chi connectivity index (χ2v) is 16.0. The summed E-state index contributed by atoms with van der Waals surface area (Å²) in [6.45, 7) is 0.240. The van der Waals surface area contributed by atoms with Crippen molar-refractivity contribution in [1.82, 2.24) is 34.1 Å². The van der Waals surface area contributed by atoms with Gasteiger partial charge in [0.2, 0.25) is 11.8 Å². The summed E-state index contributed by atoms with van der Waals surface area (Å²) in [7, 11) is 3.28. The molecule has 14 nitrogen and oxygen atoms in total. The van der Waals surface area contributed by atoms with Gasteiger partial charge in [0.1, 0.15) is 23.5 Å². The van der Waals surface area contributed by atoms with Crippen molar-refractivity contribution < 1.29 is 36.3 Å². The molecule has 5 heterocycles. The Hall–Kier alpha value is -6.16. The minimum Gasteiger partial charge on any atom is -0.364 e. The fourth-order valence-corrected chi connectivity index (χ4v) is 9.08. The summed E-state index contributed by atoms with van der Waals surface area (Å²) < 4.78 is 76.2. The molecule has 0 bridgehead atoms. The third-order valence-corrected chi connectivity index (χ3v) is 12.1. The summed E-state index contributed by atoms with van der Waals surface area (Å²) in [5, 5.41) is 19.9. The molecule has 8 rings (SSSR count). The molecule has 3 fully saturated rings. The van der Waals surface area contributed by atoms with E-state index in [9.17, 15) is 37.6 Å². The monoisotopic (exact) mass is 832 g/mol. The average molecular weight is 833 g/mol. The summed E-state index contributed by atoms with van der Waals surface area (Å²) in [5.74, 6) is -4.80. The summed E-state index contributed by atoms with van der Waals surface area (Å²) in [6, 6.07) is 11.2. The van der Waals surface area contributed by atoms with E-state index in [-0.39, 0.29) is 42.5 Å². The van der Waals surface area contributed by atoms with Gasteiger partial charge >= 0.3 is 11.9 Å². The van der Waals surface area contributed by atoms with E-state index in [1.165, 1.54) is 15.2 Å². The molecule has 1 aliphatic carbocycles. The predicted molar refractivity (Wildman–Crippen MR) is 209 cm³/mol. The van der Waals surface area contributed by atoms with Crippen LogP contribution in [0.15, 0.2) is 59.5 Å². The number of para-hydroxylation sites is 1. The average Bonchev–Trinajstić information content (AvgIpc) is 3.74. The van der Waals surface area contributed by atoms with Crippen molar-refractivity contribution >= 4 is 51.0 Å². The fraction of sp³-hybridized carbons (Fsp3) is 0.439. The molecular formula is C41H41F5N10O4. The SMILES string of the molecule is CN(C[C@H]1CC[C@H](n2cc3cc(NC(=O)c4cccc(C(F)(F)F)n4)c(C#N)cc3n2)CC1)C1CCN(c2cccc3c2n(C)c(=O)n3C2CCC(=O)NC2=O)CC1(F)F. The molecule has 1 saturated carbocycles. The number of hydrogen-bond donors (Lipinski definition) is 2. The van der Waals surface area contributed by atoms with Gasteiger partial charge in [0.05, 0.1) is 52.1 Å². The maximum Gasteiger partial charge on any atom is 0.433 e. The van der Waals surface area contributed by atoms with E-state index in [0.717, 1.165) is 43.9 Å². The smallest absolute Gasteiger partial charge is 0.364 e. The van der Waals surface area contributed by atoms with Gasteiger partial charge in [-0.05, 0) is 87.9 Å². The second-order valence-electron chi connectivity index (χ2n) is 16.0. The number of benzene rings is 2. The van der Waals surface area contributed by atoms with Crippen LogP contribution in [0.5, 0.6) is 0 Å². The molecule has 19 heteroatoms. The standard InChI is InChI=1S/C41H41F5N10O4/c1-52(34-15-16-54(22-40(34,42)43)30-6-4-7-31-36(30)53(2)39(60)56(31)32-13-14-35(57)50-38(32)59)20-23-9-11-26(12-10-23)55-21-25-18-28(24(19-47)17-29(25)51-55)49-37(58)27-5-3-8-33(48-27)41(44,45)46/h3-8,17-18,21,23,26,32,34H,9-16,20,22H2,1-2H3,(H,49,58)(H,50,57,59)/t23-,26-,32?,34?. The fourth-order valence-electron chi connectivity index (χ4n) is 9.08. The largest absolute Gasteiger partial charge is 0.433 e. The number of imidazole rings is 1. The highest BCUT2D eigenvalue weighted by Gasteiger charge is 2.47. The van der Waals surface area contributed by atoms with Gasteiger partial charge in [0, 0.05) is 38.1 Å². The second kappa shape index (κ2) is 15.5. The van der Waals surface area contributed by atoms with Crippen molar-refractivity contribution in [2.45, 2.75) is 75.2 Å². The number of nitrogens with zero attached hydrogens (tertiary/aromatic N) is 8. The molecule has 2 aliphatic heterocycles. The molecule has 2 saturated heterocycles. The van der Waals surface area contributed by atoms with Gasteiger partial charge in [-0.3, -0.25) is 38.4 Å². The predicted octanol–water partition coefficient (Wildman–Crippen LogP) is 5.78. The number of anilines is 2. The van der Waals surface area contributed by atoms with Gasteiger partial charge in [-0.15, -0.1) is 0 Å². The van der Waals surface area contributed by atoms with Crippen molar-refractivity contribution in [2.75, 3.05) is 36.9 Å². The van der Waals surface area contributed by atoms with Crippen LogP contribution >= 0.6 is 0 Å². The maximum absolute atomic E-state index is 16.1. The number of rotatable bonds is 8.